The molecule has 1 aliphatic rings. The highest BCUT2D eigenvalue weighted by Crippen LogP contribution is 2.35. The third-order valence-electron chi connectivity index (χ3n) is 6.78. The summed E-state index contributed by atoms with van der Waals surface area (Å²) in [5.74, 6) is -0.141. The van der Waals surface area contributed by atoms with Crippen LogP contribution in [0, 0.1) is 11.7 Å². The monoisotopic (exact) mass is 488 g/mol. The van der Waals surface area contributed by atoms with Crippen LogP contribution in [0.4, 0.5) is 10.1 Å². The lowest BCUT2D eigenvalue weighted by Crippen LogP contribution is -2.13. The fourth-order valence-corrected chi connectivity index (χ4v) is 4.70. The molecule has 0 atom stereocenters. The number of rotatable bonds is 5. The Kier molecular flexibility index (Phi) is 4.85. The number of aromatic nitrogens is 5. The molecule has 0 saturated heterocycles. The summed E-state index contributed by atoms with van der Waals surface area (Å²) in [6.45, 7) is 0. The number of halogens is 1. The van der Waals surface area contributed by atoms with Crippen LogP contribution in [-0.2, 0) is 4.79 Å². The van der Waals surface area contributed by atoms with Crippen molar-refractivity contribution in [1.82, 2.24) is 25.1 Å². The molecule has 7 nitrogen and oxygen atoms in total. The summed E-state index contributed by atoms with van der Waals surface area (Å²) in [6.07, 6.45) is 7.02. The molecule has 1 aliphatic carbocycles. The van der Waals surface area contributed by atoms with Crippen LogP contribution in [0.2, 0.25) is 0 Å². The summed E-state index contributed by atoms with van der Waals surface area (Å²) in [5, 5.41) is 12.4. The second-order valence-corrected chi connectivity index (χ2v) is 9.34. The third-order valence-corrected chi connectivity index (χ3v) is 6.78. The highest BCUT2D eigenvalue weighted by molar-refractivity contribution is 6.01. The number of H-pyrrole nitrogens is 2. The molecule has 0 bridgehead atoms. The molecule has 2 aromatic carbocycles. The number of nitrogens with zero attached hydrogens (tertiary/aromatic N) is 3. The normalized spacial score (nSPS) is 13.3. The van der Waals surface area contributed by atoms with Crippen molar-refractivity contribution >= 4 is 33.4 Å². The van der Waals surface area contributed by atoms with Crippen LogP contribution < -0.4 is 5.32 Å². The van der Waals surface area contributed by atoms with E-state index in [0.717, 1.165) is 57.2 Å². The highest BCUT2D eigenvalue weighted by atomic mass is 19.1. The number of pyridine rings is 2. The van der Waals surface area contributed by atoms with Crippen molar-refractivity contribution < 1.29 is 9.18 Å². The van der Waals surface area contributed by atoms with Crippen LogP contribution in [0.3, 0.4) is 0 Å². The molecule has 8 heteroatoms. The molecule has 6 aromatic rings. The minimum Gasteiger partial charge on any atom is -0.353 e. The van der Waals surface area contributed by atoms with Gasteiger partial charge in [0.15, 0.2) is 0 Å². The van der Waals surface area contributed by atoms with E-state index in [-0.39, 0.29) is 17.6 Å². The van der Waals surface area contributed by atoms with Crippen molar-refractivity contribution in [1.29, 1.82) is 0 Å². The van der Waals surface area contributed by atoms with E-state index in [2.05, 4.69) is 36.5 Å². The van der Waals surface area contributed by atoms with E-state index in [4.69, 9.17) is 0 Å². The molecule has 1 amide bonds. The van der Waals surface area contributed by atoms with Gasteiger partial charge in [-0.25, -0.2) is 4.39 Å². The lowest BCUT2D eigenvalue weighted by atomic mass is 10.0. The minimum atomic E-state index is -0.315. The van der Waals surface area contributed by atoms with Crippen molar-refractivity contribution in [3.8, 4) is 33.8 Å². The number of anilines is 1. The van der Waals surface area contributed by atoms with Gasteiger partial charge in [0.05, 0.1) is 28.8 Å². The van der Waals surface area contributed by atoms with Crippen molar-refractivity contribution in [3.05, 3.63) is 85.1 Å². The molecular weight excluding hydrogens is 467 g/mol. The minimum absolute atomic E-state index is 0.0505. The Bertz CT molecular complexity index is 1820. The number of aromatic amines is 2. The number of nitrogens with one attached hydrogen (secondary N) is 3. The maximum absolute atomic E-state index is 14.5. The third kappa shape index (κ3) is 3.83. The molecule has 1 fully saturated rings. The summed E-state index contributed by atoms with van der Waals surface area (Å²) < 4.78 is 14.5. The van der Waals surface area contributed by atoms with Gasteiger partial charge in [-0.2, -0.15) is 5.10 Å². The summed E-state index contributed by atoms with van der Waals surface area (Å²) in [7, 11) is 0. The number of amides is 1. The summed E-state index contributed by atoms with van der Waals surface area (Å²) in [4.78, 5) is 24.4. The van der Waals surface area contributed by atoms with E-state index in [9.17, 15) is 9.18 Å². The van der Waals surface area contributed by atoms with Crippen molar-refractivity contribution in [2.45, 2.75) is 12.8 Å². The largest absolute Gasteiger partial charge is 0.353 e. The predicted octanol–water partition coefficient (Wildman–Crippen LogP) is 6.32. The van der Waals surface area contributed by atoms with Crippen molar-refractivity contribution in [3.63, 3.8) is 0 Å². The van der Waals surface area contributed by atoms with E-state index >= 15 is 0 Å². The van der Waals surface area contributed by atoms with Gasteiger partial charge >= 0.3 is 0 Å². The van der Waals surface area contributed by atoms with Gasteiger partial charge in [-0.1, -0.05) is 18.2 Å². The zero-order chi connectivity index (χ0) is 24.9. The average Bonchev–Trinajstić information content (AvgIpc) is 3.55. The first-order valence-electron chi connectivity index (χ1n) is 12.1. The molecule has 4 heterocycles. The standard InChI is InChI=1S/C29H21FN6O/c30-23-4-2-1-3-20(23)27-22-13-26(34-24(22)9-10-32-27)28-21-12-17(7-8-25(21)35-36-28)18-11-19(15-31-14-18)33-29(37)16-5-6-16/h1-4,7-16,34H,5-6H2,(H,33,37)(H,35,36). The Labute approximate surface area is 210 Å². The number of hydrogen-bond acceptors (Lipinski definition) is 4. The molecule has 0 spiro atoms. The fraction of sp³-hybridized carbons (Fsp3) is 0.103. The summed E-state index contributed by atoms with van der Waals surface area (Å²) in [6, 6.07) is 18.4. The van der Waals surface area contributed by atoms with Crippen LogP contribution >= 0.6 is 0 Å². The lowest BCUT2D eigenvalue weighted by Gasteiger charge is -2.07. The highest BCUT2D eigenvalue weighted by Gasteiger charge is 2.29. The Hall–Kier alpha value is -4.85. The summed E-state index contributed by atoms with van der Waals surface area (Å²) in [5.41, 5.74) is 6.84. The zero-order valence-corrected chi connectivity index (χ0v) is 19.6. The number of hydrogen-bond donors (Lipinski definition) is 3. The molecule has 0 unspecified atom stereocenters. The first-order valence-corrected chi connectivity index (χ1v) is 12.1. The zero-order valence-electron chi connectivity index (χ0n) is 19.6. The van der Waals surface area contributed by atoms with Crippen LogP contribution in [0.5, 0.6) is 0 Å². The van der Waals surface area contributed by atoms with Gasteiger partial charge in [-0.05, 0) is 60.9 Å². The topological polar surface area (TPSA) is 99.3 Å². The Morgan fingerprint density at radius 2 is 1.78 bits per heavy atom. The van der Waals surface area contributed by atoms with Crippen LogP contribution in [0.15, 0.2) is 79.3 Å². The Balaban J connectivity index is 1.29. The first-order chi connectivity index (χ1) is 18.1. The fourth-order valence-electron chi connectivity index (χ4n) is 4.70. The second-order valence-electron chi connectivity index (χ2n) is 9.34. The van der Waals surface area contributed by atoms with Crippen LogP contribution in [0.1, 0.15) is 12.8 Å². The van der Waals surface area contributed by atoms with Gasteiger partial charge in [0.25, 0.3) is 0 Å². The molecule has 1 saturated carbocycles. The van der Waals surface area contributed by atoms with Gasteiger partial charge in [0, 0.05) is 45.7 Å². The number of carbonyl (C=O) groups excluding carboxylic acids is 1. The van der Waals surface area contributed by atoms with Crippen molar-refractivity contribution in [2.24, 2.45) is 5.92 Å². The lowest BCUT2D eigenvalue weighted by molar-refractivity contribution is -0.117. The van der Waals surface area contributed by atoms with E-state index < -0.39 is 0 Å². The van der Waals surface area contributed by atoms with Gasteiger partial charge in [-0.3, -0.25) is 19.9 Å². The number of fused-ring (bicyclic) bond motifs is 2. The molecule has 180 valence electrons. The molecule has 0 aliphatic heterocycles. The molecular formula is C29H21FN6O. The van der Waals surface area contributed by atoms with Gasteiger partial charge in [-0.15, -0.1) is 0 Å². The molecule has 3 N–H and O–H groups in total. The second kappa shape index (κ2) is 8.37. The average molecular weight is 489 g/mol. The van der Waals surface area contributed by atoms with Gasteiger partial charge in [0.2, 0.25) is 5.91 Å². The van der Waals surface area contributed by atoms with Gasteiger partial charge in [0.1, 0.15) is 11.5 Å². The molecule has 0 radical (unpaired) electrons. The molecule has 4 aromatic heterocycles. The predicted molar refractivity (Wildman–Crippen MR) is 141 cm³/mol. The Morgan fingerprint density at radius 3 is 2.65 bits per heavy atom. The summed E-state index contributed by atoms with van der Waals surface area (Å²) >= 11 is 0. The molecule has 37 heavy (non-hydrogen) atoms. The SMILES string of the molecule is O=C(Nc1cncc(-c2ccc3[nH]nc(-c4cc5c(-c6ccccc6F)nccc5[nH]4)c3c2)c1)C1CC1. The number of benzene rings is 2. The van der Waals surface area contributed by atoms with Gasteiger partial charge < -0.3 is 10.3 Å². The van der Waals surface area contributed by atoms with E-state index in [1.165, 1.54) is 6.07 Å². The molecule has 7 rings (SSSR count). The van der Waals surface area contributed by atoms with Crippen LogP contribution in [-0.4, -0.2) is 31.1 Å². The Morgan fingerprint density at radius 1 is 0.919 bits per heavy atom. The van der Waals surface area contributed by atoms with Crippen molar-refractivity contribution in [2.75, 3.05) is 5.32 Å². The first kappa shape index (κ1) is 21.4. The smallest absolute Gasteiger partial charge is 0.227 e. The van der Waals surface area contributed by atoms with E-state index in [0.29, 0.717) is 16.9 Å². The number of carbonyl (C=O) groups is 1. The van der Waals surface area contributed by atoms with Crippen LogP contribution in [0.25, 0.3) is 55.6 Å². The van der Waals surface area contributed by atoms with E-state index in [1.807, 2.05) is 30.3 Å². The maximum Gasteiger partial charge on any atom is 0.227 e. The maximum atomic E-state index is 14.5. The quantitative estimate of drug-likeness (QED) is 0.264. The van der Waals surface area contributed by atoms with E-state index in [1.54, 1.807) is 36.8 Å².